The summed E-state index contributed by atoms with van der Waals surface area (Å²) < 4.78 is 5.88. The lowest BCUT2D eigenvalue weighted by Gasteiger charge is -2.38. The van der Waals surface area contributed by atoms with Gasteiger partial charge in [-0.3, -0.25) is 4.79 Å². The highest BCUT2D eigenvalue weighted by molar-refractivity contribution is 6.02. The molecule has 0 radical (unpaired) electrons. The highest BCUT2D eigenvalue weighted by Gasteiger charge is 2.40. The number of anilines is 1. The zero-order chi connectivity index (χ0) is 15.0. The Balaban J connectivity index is 1.90. The number of rotatable bonds is 3. The van der Waals surface area contributed by atoms with E-state index in [2.05, 4.69) is 17.4 Å². The second-order valence-electron chi connectivity index (χ2n) is 6.46. The van der Waals surface area contributed by atoms with Crippen molar-refractivity contribution in [1.29, 1.82) is 0 Å². The maximum absolute atomic E-state index is 12.5. The van der Waals surface area contributed by atoms with Crippen LogP contribution in [0.5, 0.6) is 5.75 Å². The monoisotopic (exact) mass is 288 g/mol. The van der Waals surface area contributed by atoms with E-state index in [4.69, 9.17) is 4.74 Å². The van der Waals surface area contributed by atoms with Gasteiger partial charge in [0.25, 0.3) is 5.91 Å². The van der Waals surface area contributed by atoms with Crippen LogP contribution in [0, 0.1) is 0 Å². The number of nitrogens with zero attached hydrogens (tertiary/aromatic N) is 1. The lowest BCUT2D eigenvalue weighted by atomic mass is 10.00. The zero-order valence-corrected chi connectivity index (χ0v) is 13.1. The maximum atomic E-state index is 12.5. The molecule has 1 amide bonds. The number of ether oxygens (including phenoxy) is 1. The summed E-state index contributed by atoms with van der Waals surface area (Å²) in [6.45, 7) is 7.46. The number of likely N-dealkylation sites (N-methyl/N-ethyl adjacent to an activating group) is 1. The highest BCUT2D eigenvalue weighted by Crippen LogP contribution is 2.38. The zero-order valence-electron chi connectivity index (χ0n) is 13.1. The van der Waals surface area contributed by atoms with Crippen molar-refractivity contribution in [2.45, 2.75) is 51.7 Å². The van der Waals surface area contributed by atoms with E-state index in [1.807, 2.05) is 31.7 Å². The van der Waals surface area contributed by atoms with E-state index in [-0.39, 0.29) is 5.91 Å². The average Bonchev–Trinajstić information content (AvgIpc) is 2.94. The summed E-state index contributed by atoms with van der Waals surface area (Å²) in [4.78, 5) is 14.3. The van der Waals surface area contributed by atoms with Gasteiger partial charge in [-0.15, -0.1) is 0 Å². The molecule has 114 valence electrons. The number of carbonyl (C=O) groups is 1. The van der Waals surface area contributed by atoms with Crippen molar-refractivity contribution in [2.75, 3.05) is 18.0 Å². The predicted molar refractivity (Wildman–Crippen MR) is 83.9 cm³/mol. The van der Waals surface area contributed by atoms with Gasteiger partial charge >= 0.3 is 0 Å². The molecule has 1 unspecified atom stereocenters. The second kappa shape index (κ2) is 5.34. The van der Waals surface area contributed by atoms with E-state index in [1.165, 1.54) is 18.4 Å². The summed E-state index contributed by atoms with van der Waals surface area (Å²) in [5.41, 5.74) is 1.40. The molecular weight excluding hydrogens is 264 g/mol. The fourth-order valence-corrected chi connectivity index (χ4v) is 3.27. The Morgan fingerprint density at radius 3 is 2.90 bits per heavy atom. The van der Waals surface area contributed by atoms with E-state index in [1.54, 1.807) is 0 Å². The fourth-order valence-electron chi connectivity index (χ4n) is 3.27. The molecule has 0 spiro atoms. The van der Waals surface area contributed by atoms with Crippen LogP contribution in [0.3, 0.4) is 0 Å². The molecule has 2 aliphatic heterocycles. The van der Waals surface area contributed by atoms with E-state index in [0.717, 1.165) is 24.4 Å². The van der Waals surface area contributed by atoms with Crippen LogP contribution in [0.2, 0.25) is 0 Å². The van der Waals surface area contributed by atoms with E-state index in [0.29, 0.717) is 12.6 Å². The summed E-state index contributed by atoms with van der Waals surface area (Å²) in [5, 5.41) is 3.52. The molecule has 0 aliphatic carbocycles. The summed E-state index contributed by atoms with van der Waals surface area (Å²) in [6, 6.07) is 6.82. The Kier molecular flexibility index (Phi) is 3.66. The Morgan fingerprint density at radius 2 is 2.24 bits per heavy atom. The highest BCUT2D eigenvalue weighted by atomic mass is 16.5. The smallest absolute Gasteiger partial charge is 0.270 e. The first-order valence-electron chi connectivity index (χ1n) is 7.88. The van der Waals surface area contributed by atoms with Gasteiger partial charge in [0.15, 0.2) is 5.60 Å². The van der Waals surface area contributed by atoms with Crippen LogP contribution in [0.15, 0.2) is 18.2 Å². The lowest BCUT2D eigenvalue weighted by Crippen LogP contribution is -2.52. The molecule has 1 N–H and O–H groups in total. The molecule has 1 atom stereocenters. The first-order valence-corrected chi connectivity index (χ1v) is 7.88. The molecule has 0 bridgehead atoms. The maximum Gasteiger partial charge on any atom is 0.270 e. The van der Waals surface area contributed by atoms with E-state index >= 15 is 0 Å². The average molecular weight is 288 g/mol. The molecule has 2 heterocycles. The number of carbonyl (C=O) groups excluding carboxylic acids is 1. The van der Waals surface area contributed by atoms with Crippen molar-refractivity contribution in [3.8, 4) is 5.75 Å². The summed E-state index contributed by atoms with van der Waals surface area (Å²) in [5.74, 6) is 0.846. The largest absolute Gasteiger partial charge is 0.476 e. The van der Waals surface area contributed by atoms with Gasteiger partial charge in [0, 0.05) is 12.6 Å². The second-order valence-corrected chi connectivity index (χ2v) is 6.46. The minimum absolute atomic E-state index is 0.0358. The van der Waals surface area contributed by atoms with Gasteiger partial charge in [-0.05, 0) is 64.3 Å². The molecule has 1 fully saturated rings. The first kappa shape index (κ1) is 14.4. The van der Waals surface area contributed by atoms with Crippen LogP contribution >= 0.6 is 0 Å². The molecule has 3 rings (SSSR count). The number of hydrogen-bond donors (Lipinski definition) is 1. The molecule has 1 aromatic rings. The number of nitrogens with one attached hydrogen (secondary N) is 1. The van der Waals surface area contributed by atoms with Gasteiger partial charge in [0.2, 0.25) is 0 Å². The molecule has 0 saturated carbocycles. The lowest BCUT2D eigenvalue weighted by molar-refractivity contribution is -0.132. The Morgan fingerprint density at radius 1 is 1.43 bits per heavy atom. The Labute approximate surface area is 126 Å². The topological polar surface area (TPSA) is 41.6 Å². The van der Waals surface area contributed by atoms with Crippen molar-refractivity contribution < 1.29 is 9.53 Å². The molecular formula is C17H24N2O2. The van der Waals surface area contributed by atoms with Crippen LogP contribution in [0.25, 0.3) is 0 Å². The third kappa shape index (κ3) is 2.64. The normalized spacial score (nSPS) is 23.9. The molecule has 0 aromatic heterocycles. The summed E-state index contributed by atoms with van der Waals surface area (Å²) in [6.07, 6.45) is 3.51. The number of amides is 1. The minimum Gasteiger partial charge on any atom is -0.476 e. The van der Waals surface area contributed by atoms with Crippen LogP contribution in [0.4, 0.5) is 5.69 Å². The quantitative estimate of drug-likeness (QED) is 0.929. The number of fused-ring (bicyclic) bond motifs is 1. The van der Waals surface area contributed by atoms with Crippen molar-refractivity contribution in [3.63, 3.8) is 0 Å². The molecule has 21 heavy (non-hydrogen) atoms. The molecule has 2 aliphatic rings. The van der Waals surface area contributed by atoms with Gasteiger partial charge in [-0.2, -0.15) is 0 Å². The first-order chi connectivity index (χ1) is 10.0. The van der Waals surface area contributed by atoms with Gasteiger partial charge < -0.3 is 15.0 Å². The number of hydrogen-bond acceptors (Lipinski definition) is 3. The van der Waals surface area contributed by atoms with Crippen molar-refractivity contribution in [3.05, 3.63) is 23.8 Å². The minimum atomic E-state index is -0.780. The van der Waals surface area contributed by atoms with Crippen LogP contribution in [-0.4, -0.2) is 30.6 Å². The summed E-state index contributed by atoms with van der Waals surface area (Å²) >= 11 is 0. The van der Waals surface area contributed by atoms with Crippen LogP contribution in [0.1, 0.15) is 39.2 Å². The Hall–Kier alpha value is -1.55. The predicted octanol–water partition coefficient (Wildman–Crippen LogP) is 2.50. The summed E-state index contributed by atoms with van der Waals surface area (Å²) in [7, 11) is 0. The van der Waals surface area contributed by atoms with Gasteiger partial charge in [0.05, 0.1) is 5.69 Å². The van der Waals surface area contributed by atoms with Crippen LogP contribution in [-0.2, 0) is 11.2 Å². The third-order valence-corrected chi connectivity index (χ3v) is 4.40. The van der Waals surface area contributed by atoms with E-state index in [9.17, 15) is 4.79 Å². The van der Waals surface area contributed by atoms with Gasteiger partial charge in [-0.1, -0.05) is 6.07 Å². The Bertz CT molecular complexity index is 548. The third-order valence-electron chi connectivity index (χ3n) is 4.40. The van der Waals surface area contributed by atoms with Crippen molar-refractivity contribution in [2.24, 2.45) is 0 Å². The van der Waals surface area contributed by atoms with E-state index < -0.39 is 5.60 Å². The van der Waals surface area contributed by atoms with Crippen LogP contribution < -0.4 is 15.0 Å². The fraction of sp³-hybridized carbons (Fsp3) is 0.588. The van der Waals surface area contributed by atoms with Gasteiger partial charge in [0.1, 0.15) is 5.75 Å². The van der Waals surface area contributed by atoms with Crippen molar-refractivity contribution >= 4 is 11.6 Å². The standard InChI is InChI=1S/C17H24N2O2/c1-4-19-14-11-12(10-13-6-5-9-18-13)7-8-15(14)21-17(2,3)16(19)20/h7-8,11,13,18H,4-6,9-10H2,1-3H3. The van der Waals surface area contributed by atoms with Crippen molar-refractivity contribution in [1.82, 2.24) is 5.32 Å². The molecule has 1 aromatic carbocycles. The molecule has 4 nitrogen and oxygen atoms in total. The SMILES string of the molecule is CCN1C(=O)C(C)(C)Oc2ccc(CC3CCCN3)cc21. The molecule has 1 saturated heterocycles. The van der Waals surface area contributed by atoms with Gasteiger partial charge in [-0.25, -0.2) is 0 Å². The molecule has 4 heteroatoms. The number of benzene rings is 1.